The van der Waals surface area contributed by atoms with Gasteiger partial charge in [0.25, 0.3) is 0 Å². The average Bonchev–Trinajstić information content (AvgIpc) is 2.33. The first-order valence-electron chi connectivity index (χ1n) is 5.20. The topological polar surface area (TPSA) is 64.4 Å². The molecule has 0 fully saturated rings. The van der Waals surface area contributed by atoms with Crippen molar-refractivity contribution < 1.29 is 22.7 Å². The van der Waals surface area contributed by atoms with Crippen LogP contribution in [0.2, 0.25) is 0 Å². The largest absolute Gasteiger partial charge is 0.492 e. The van der Waals surface area contributed by atoms with Gasteiger partial charge in [-0.15, -0.1) is 0 Å². The molecule has 7 heteroatoms. The van der Waals surface area contributed by atoms with Gasteiger partial charge in [0.2, 0.25) is 5.91 Å². The predicted octanol–water partition coefficient (Wildman–Crippen LogP) is 1.16. The van der Waals surface area contributed by atoms with Crippen molar-refractivity contribution in [2.75, 3.05) is 19.7 Å². The van der Waals surface area contributed by atoms with Crippen LogP contribution in [0.4, 0.5) is 13.2 Å². The summed E-state index contributed by atoms with van der Waals surface area (Å²) in [6.07, 6.45) is -4.40. The van der Waals surface area contributed by atoms with Crippen LogP contribution in [0.5, 0.6) is 5.75 Å². The van der Waals surface area contributed by atoms with E-state index in [1.807, 2.05) is 0 Å². The van der Waals surface area contributed by atoms with E-state index in [0.717, 1.165) is 12.1 Å². The van der Waals surface area contributed by atoms with E-state index in [2.05, 4.69) is 5.32 Å². The number of carbonyl (C=O) groups excluding carboxylic acids is 1. The Morgan fingerprint density at radius 1 is 1.39 bits per heavy atom. The van der Waals surface area contributed by atoms with Gasteiger partial charge in [-0.05, 0) is 18.2 Å². The molecule has 0 atom stereocenters. The van der Waals surface area contributed by atoms with Crippen LogP contribution < -0.4 is 15.8 Å². The van der Waals surface area contributed by atoms with Crippen molar-refractivity contribution in [2.45, 2.75) is 6.18 Å². The predicted molar refractivity (Wildman–Crippen MR) is 59.0 cm³/mol. The molecule has 0 saturated heterocycles. The first-order chi connectivity index (χ1) is 8.43. The van der Waals surface area contributed by atoms with Gasteiger partial charge in [0, 0.05) is 0 Å². The quantitative estimate of drug-likeness (QED) is 0.783. The van der Waals surface area contributed by atoms with Gasteiger partial charge in [0.1, 0.15) is 12.4 Å². The van der Waals surface area contributed by atoms with Crippen molar-refractivity contribution in [3.63, 3.8) is 0 Å². The van der Waals surface area contributed by atoms with Gasteiger partial charge in [-0.3, -0.25) is 4.79 Å². The van der Waals surface area contributed by atoms with E-state index in [0.29, 0.717) is 0 Å². The number of nitrogens with two attached hydrogens (primary N) is 1. The third-order valence-corrected chi connectivity index (χ3v) is 2.04. The number of halogens is 3. The van der Waals surface area contributed by atoms with Crippen LogP contribution in [0.15, 0.2) is 24.3 Å². The highest BCUT2D eigenvalue weighted by Gasteiger charge is 2.30. The highest BCUT2D eigenvalue weighted by Crippen LogP contribution is 2.31. The highest BCUT2D eigenvalue weighted by atomic mass is 19.4. The molecular weight excluding hydrogens is 249 g/mol. The third kappa shape index (κ3) is 4.62. The molecule has 0 saturated carbocycles. The fraction of sp³-hybridized carbons (Fsp3) is 0.364. The second kappa shape index (κ2) is 6.25. The van der Waals surface area contributed by atoms with E-state index in [1.54, 1.807) is 0 Å². The SMILES string of the molecule is NCC(=O)NCCOc1cccc(C(F)(F)F)c1. The molecular formula is C11H13F3N2O2. The molecule has 1 aromatic carbocycles. The van der Waals surface area contributed by atoms with E-state index >= 15 is 0 Å². The van der Waals surface area contributed by atoms with Gasteiger partial charge in [0.15, 0.2) is 0 Å². The van der Waals surface area contributed by atoms with Crippen LogP contribution >= 0.6 is 0 Å². The molecule has 1 amide bonds. The lowest BCUT2D eigenvalue weighted by molar-refractivity contribution is -0.137. The van der Waals surface area contributed by atoms with Crippen LogP contribution in [0.3, 0.4) is 0 Å². The van der Waals surface area contributed by atoms with Crippen LogP contribution in [-0.4, -0.2) is 25.6 Å². The van der Waals surface area contributed by atoms with E-state index < -0.39 is 11.7 Å². The first-order valence-corrected chi connectivity index (χ1v) is 5.20. The molecule has 0 aliphatic heterocycles. The van der Waals surface area contributed by atoms with Gasteiger partial charge in [-0.1, -0.05) is 6.07 Å². The number of amides is 1. The molecule has 0 radical (unpaired) electrons. The van der Waals surface area contributed by atoms with Crippen molar-refractivity contribution in [3.8, 4) is 5.75 Å². The molecule has 0 heterocycles. The summed E-state index contributed by atoms with van der Waals surface area (Å²) in [5, 5.41) is 2.44. The molecule has 0 spiro atoms. The second-order valence-corrected chi connectivity index (χ2v) is 3.43. The molecule has 0 bridgehead atoms. The zero-order chi connectivity index (χ0) is 13.6. The number of hydrogen-bond acceptors (Lipinski definition) is 3. The summed E-state index contributed by atoms with van der Waals surface area (Å²) < 4.78 is 42.2. The maximum Gasteiger partial charge on any atom is 0.416 e. The summed E-state index contributed by atoms with van der Waals surface area (Å²) in [6, 6.07) is 4.55. The molecule has 100 valence electrons. The fourth-order valence-electron chi connectivity index (χ4n) is 1.19. The molecule has 1 aromatic rings. The minimum atomic E-state index is -4.40. The molecule has 0 aromatic heterocycles. The van der Waals surface area contributed by atoms with Crippen LogP contribution in [-0.2, 0) is 11.0 Å². The summed E-state index contributed by atoms with van der Waals surface area (Å²) in [5.41, 5.74) is 4.28. The number of ether oxygens (including phenoxy) is 1. The lowest BCUT2D eigenvalue weighted by atomic mass is 10.2. The Hall–Kier alpha value is -1.76. The zero-order valence-corrected chi connectivity index (χ0v) is 9.46. The number of alkyl halides is 3. The number of hydrogen-bond donors (Lipinski definition) is 2. The molecule has 0 unspecified atom stereocenters. The Balaban J connectivity index is 2.46. The number of rotatable bonds is 5. The van der Waals surface area contributed by atoms with Gasteiger partial charge in [-0.2, -0.15) is 13.2 Å². The Labute approximate surface area is 102 Å². The summed E-state index contributed by atoms with van der Waals surface area (Å²) in [4.78, 5) is 10.8. The van der Waals surface area contributed by atoms with Crippen molar-refractivity contribution in [1.29, 1.82) is 0 Å². The summed E-state index contributed by atoms with van der Waals surface area (Å²) in [7, 11) is 0. The Bertz CT molecular complexity index is 408. The zero-order valence-electron chi connectivity index (χ0n) is 9.46. The summed E-state index contributed by atoms with van der Waals surface area (Å²) in [5.74, 6) is -0.241. The van der Waals surface area contributed by atoms with Gasteiger partial charge in [0.05, 0.1) is 18.7 Å². The Morgan fingerprint density at radius 2 is 2.11 bits per heavy atom. The first kappa shape index (κ1) is 14.3. The Kier molecular flexibility index (Phi) is 4.96. The smallest absolute Gasteiger partial charge is 0.416 e. The van der Waals surface area contributed by atoms with E-state index in [1.165, 1.54) is 12.1 Å². The van der Waals surface area contributed by atoms with Gasteiger partial charge >= 0.3 is 6.18 Å². The van der Waals surface area contributed by atoms with E-state index in [-0.39, 0.29) is 31.4 Å². The normalized spacial score (nSPS) is 11.1. The van der Waals surface area contributed by atoms with Crippen molar-refractivity contribution in [3.05, 3.63) is 29.8 Å². The van der Waals surface area contributed by atoms with E-state index in [4.69, 9.17) is 10.5 Å². The Morgan fingerprint density at radius 3 is 2.72 bits per heavy atom. The minimum absolute atomic E-state index is 0.0764. The van der Waals surface area contributed by atoms with Crippen molar-refractivity contribution in [1.82, 2.24) is 5.32 Å². The molecule has 0 aliphatic rings. The van der Waals surface area contributed by atoms with E-state index in [9.17, 15) is 18.0 Å². The molecule has 4 nitrogen and oxygen atoms in total. The lowest BCUT2D eigenvalue weighted by Crippen LogP contribution is -2.33. The number of benzene rings is 1. The third-order valence-electron chi connectivity index (χ3n) is 2.04. The summed E-state index contributed by atoms with van der Waals surface area (Å²) >= 11 is 0. The molecule has 1 rings (SSSR count). The lowest BCUT2D eigenvalue weighted by Gasteiger charge is -2.10. The van der Waals surface area contributed by atoms with Crippen molar-refractivity contribution in [2.24, 2.45) is 5.73 Å². The van der Waals surface area contributed by atoms with Crippen molar-refractivity contribution >= 4 is 5.91 Å². The number of carbonyl (C=O) groups is 1. The van der Waals surface area contributed by atoms with Crippen LogP contribution in [0, 0.1) is 0 Å². The summed E-state index contributed by atoms with van der Waals surface area (Å²) in [6.45, 7) is 0.128. The minimum Gasteiger partial charge on any atom is -0.492 e. The van der Waals surface area contributed by atoms with Gasteiger partial charge < -0.3 is 15.8 Å². The second-order valence-electron chi connectivity index (χ2n) is 3.43. The molecule has 3 N–H and O–H groups in total. The monoisotopic (exact) mass is 262 g/mol. The maximum absolute atomic E-state index is 12.4. The van der Waals surface area contributed by atoms with Crippen LogP contribution in [0.25, 0.3) is 0 Å². The maximum atomic E-state index is 12.4. The fourth-order valence-corrected chi connectivity index (χ4v) is 1.19. The molecule has 18 heavy (non-hydrogen) atoms. The van der Waals surface area contributed by atoms with Crippen LogP contribution in [0.1, 0.15) is 5.56 Å². The average molecular weight is 262 g/mol. The molecule has 0 aliphatic carbocycles. The standard InChI is InChI=1S/C11H13F3N2O2/c12-11(13,14)8-2-1-3-9(6-8)18-5-4-16-10(17)7-15/h1-3,6H,4-5,7,15H2,(H,16,17). The van der Waals surface area contributed by atoms with Gasteiger partial charge in [-0.25, -0.2) is 0 Å². The number of nitrogens with one attached hydrogen (secondary N) is 1. The highest BCUT2D eigenvalue weighted by molar-refractivity contribution is 5.77.